The average Bonchev–Trinajstić information content (AvgIpc) is 2.65. The molecule has 2 unspecified atom stereocenters. The van der Waals surface area contributed by atoms with Crippen LogP contribution in [0.2, 0.25) is 0 Å². The van der Waals surface area contributed by atoms with E-state index in [1.165, 1.54) is 12.1 Å². The van der Waals surface area contributed by atoms with Crippen molar-refractivity contribution in [3.05, 3.63) is 30.1 Å². The van der Waals surface area contributed by atoms with Crippen LogP contribution in [0.25, 0.3) is 0 Å². The van der Waals surface area contributed by atoms with E-state index in [4.69, 9.17) is 15.2 Å². The average molecular weight is 456 g/mol. The molecule has 32 heavy (non-hydrogen) atoms. The molecular weight excluding hydrogens is 413 g/mol. The van der Waals surface area contributed by atoms with Crippen LogP contribution >= 0.6 is 0 Å². The third kappa shape index (κ3) is 13.9. The number of nitrogens with two attached hydrogens (primary N) is 1. The van der Waals surface area contributed by atoms with Crippen molar-refractivity contribution in [2.45, 2.75) is 98.9 Å². The zero-order valence-electron chi connectivity index (χ0n) is 20.9. The van der Waals surface area contributed by atoms with Crippen LogP contribution in [-0.4, -0.2) is 29.9 Å². The van der Waals surface area contributed by atoms with Crippen LogP contribution in [0.3, 0.4) is 0 Å². The Morgan fingerprint density at radius 3 is 2.09 bits per heavy atom. The highest BCUT2D eigenvalue weighted by molar-refractivity contribution is 5.69. The van der Waals surface area contributed by atoms with Crippen molar-refractivity contribution >= 4 is 12.1 Å². The summed E-state index contributed by atoms with van der Waals surface area (Å²) in [6, 6.07) is 6.09. The highest BCUT2D eigenvalue weighted by Crippen LogP contribution is 2.25. The van der Waals surface area contributed by atoms with Crippen molar-refractivity contribution in [2.75, 3.05) is 0 Å². The minimum Gasteiger partial charge on any atom is -0.486 e. The van der Waals surface area contributed by atoms with Crippen LogP contribution in [0.15, 0.2) is 24.3 Å². The first-order chi connectivity index (χ1) is 14.8. The quantitative estimate of drug-likeness (QED) is 0.421. The minimum absolute atomic E-state index is 0.199. The van der Waals surface area contributed by atoms with Gasteiger partial charge in [0.2, 0.25) is 0 Å². The van der Waals surface area contributed by atoms with E-state index >= 15 is 0 Å². The lowest BCUT2D eigenvalue weighted by molar-refractivity contribution is -0.154. The van der Waals surface area contributed by atoms with Gasteiger partial charge in [0.1, 0.15) is 29.4 Å². The van der Waals surface area contributed by atoms with Crippen LogP contribution in [0.4, 0.5) is 9.18 Å². The van der Waals surface area contributed by atoms with E-state index in [0.29, 0.717) is 18.1 Å². The number of esters is 1. The Balaban J connectivity index is 0.00000102. The van der Waals surface area contributed by atoms with Gasteiger partial charge in [-0.05, 0) is 70.9 Å². The fourth-order valence-electron chi connectivity index (χ4n) is 3.07. The van der Waals surface area contributed by atoms with Crippen LogP contribution < -0.4 is 10.5 Å². The van der Waals surface area contributed by atoms with Crippen LogP contribution in [0.5, 0.6) is 5.75 Å². The predicted octanol–water partition coefficient (Wildman–Crippen LogP) is 6.26. The topological polar surface area (TPSA) is 87.8 Å². The van der Waals surface area contributed by atoms with Gasteiger partial charge in [0, 0.05) is 12.5 Å². The number of carbonyl (C=O) groups excluding carboxylic acids is 2. The van der Waals surface area contributed by atoms with Crippen LogP contribution in [0.1, 0.15) is 81.1 Å². The van der Waals surface area contributed by atoms with E-state index in [2.05, 4.69) is 32.4 Å². The Morgan fingerprint density at radius 2 is 1.69 bits per heavy atom. The first-order valence-electron chi connectivity index (χ1n) is 11.4. The molecule has 0 aromatic heterocycles. The highest BCUT2D eigenvalue weighted by atomic mass is 19.1. The number of amides is 1. The summed E-state index contributed by atoms with van der Waals surface area (Å²) in [6.45, 7) is 15.5. The number of halogens is 1. The van der Waals surface area contributed by atoms with Crippen molar-refractivity contribution in [2.24, 2.45) is 17.6 Å². The van der Waals surface area contributed by atoms with Crippen molar-refractivity contribution in [3.8, 4) is 5.75 Å². The number of benzene rings is 1. The zero-order valence-corrected chi connectivity index (χ0v) is 20.9. The third-order valence-corrected chi connectivity index (χ3v) is 4.69. The van der Waals surface area contributed by atoms with Gasteiger partial charge in [0.05, 0.1) is 0 Å². The number of ether oxygens (including phenoxy) is 3. The largest absolute Gasteiger partial charge is 0.486 e. The Kier molecular flexibility index (Phi) is 13.6. The molecule has 0 aliphatic rings. The number of carbonyl (C=O) groups is 2. The molecule has 184 valence electrons. The summed E-state index contributed by atoms with van der Waals surface area (Å²) in [6.07, 6.45) is 1.65. The van der Waals surface area contributed by atoms with Crippen molar-refractivity contribution in [3.63, 3.8) is 0 Å². The lowest BCUT2D eigenvalue weighted by atomic mass is 9.93. The molecule has 0 bridgehead atoms. The van der Waals surface area contributed by atoms with E-state index in [0.717, 1.165) is 19.3 Å². The van der Waals surface area contributed by atoms with E-state index in [9.17, 15) is 14.0 Å². The van der Waals surface area contributed by atoms with Gasteiger partial charge in [-0.2, -0.15) is 0 Å². The second kappa shape index (κ2) is 14.7. The second-order valence-electron chi connectivity index (χ2n) is 9.28. The molecule has 0 heterocycles. The van der Waals surface area contributed by atoms with E-state index < -0.39 is 11.7 Å². The molecule has 0 spiro atoms. The molecule has 0 radical (unpaired) electrons. The third-order valence-electron chi connectivity index (χ3n) is 4.69. The van der Waals surface area contributed by atoms with Gasteiger partial charge in [-0.1, -0.05) is 33.8 Å². The summed E-state index contributed by atoms with van der Waals surface area (Å²) < 4.78 is 29.6. The smallest absolute Gasteiger partial charge is 0.405 e. The van der Waals surface area contributed by atoms with Crippen LogP contribution in [-0.2, 0) is 14.3 Å². The molecule has 1 rings (SSSR count). The van der Waals surface area contributed by atoms with Gasteiger partial charge in [0.25, 0.3) is 0 Å². The number of hydrogen-bond acceptors (Lipinski definition) is 5. The van der Waals surface area contributed by atoms with Gasteiger partial charge >= 0.3 is 12.1 Å². The summed E-state index contributed by atoms with van der Waals surface area (Å²) in [7, 11) is 0. The van der Waals surface area contributed by atoms with Gasteiger partial charge in [-0.15, -0.1) is 0 Å². The lowest BCUT2D eigenvalue weighted by Gasteiger charge is -2.31. The summed E-state index contributed by atoms with van der Waals surface area (Å²) in [4.78, 5) is 22.0. The molecule has 0 saturated heterocycles. The number of rotatable bonds is 10. The molecular formula is C25H42FNO5. The SMILES string of the molecule is CC(C)(C)OC(N)=O.CCC(CC)C(Oc1cccc(F)c1)C(C)OC(=O)CCC(C)C. The molecule has 1 amide bonds. The Morgan fingerprint density at radius 1 is 1.09 bits per heavy atom. The lowest BCUT2D eigenvalue weighted by Crippen LogP contribution is -2.39. The van der Waals surface area contributed by atoms with E-state index in [1.807, 2.05) is 6.92 Å². The highest BCUT2D eigenvalue weighted by Gasteiger charge is 2.29. The fourth-order valence-corrected chi connectivity index (χ4v) is 3.07. The van der Waals surface area contributed by atoms with Gasteiger partial charge in [-0.25, -0.2) is 9.18 Å². The zero-order chi connectivity index (χ0) is 24.9. The Labute approximate surface area is 193 Å². The first kappa shape index (κ1) is 29.7. The van der Waals surface area contributed by atoms with Gasteiger partial charge in [-0.3, -0.25) is 4.79 Å². The van der Waals surface area contributed by atoms with E-state index in [-0.39, 0.29) is 29.9 Å². The summed E-state index contributed by atoms with van der Waals surface area (Å²) in [5.41, 5.74) is 4.26. The molecule has 2 atom stereocenters. The predicted molar refractivity (Wildman–Crippen MR) is 125 cm³/mol. The molecule has 1 aromatic carbocycles. The normalized spacial score (nSPS) is 13.1. The maximum absolute atomic E-state index is 13.4. The maximum Gasteiger partial charge on any atom is 0.405 e. The molecule has 2 N–H and O–H groups in total. The molecule has 0 aliphatic carbocycles. The molecule has 0 aliphatic heterocycles. The minimum atomic E-state index is -0.725. The van der Waals surface area contributed by atoms with E-state index in [1.54, 1.807) is 32.9 Å². The summed E-state index contributed by atoms with van der Waals surface area (Å²) >= 11 is 0. The second-order valence-corrected chi connectivity index (χ2v) is 9.28. The van der Waals surface area contributed by atoms with Crippen molar-refractivity contribution in [1.29, 1.82) is 0 Å². The summed E-state index contributed by atoms with van der Waals surface area (Å²) in [5, 5.41) is 0. The van der Waals surface area contributed by atoms with Crippen molar-refractivity contribution in [1.82, 2.24) is 0 Å². The summed E-state index contributed by atoms with van der Waals surface area (Å²) in [5.74, 6) is 0.636. The molecule has 7 heteroatoms. The number of hydrogen-bond donors (Lipinski definition) is 1. The van der Waals surface area contributed by atoms with Crippen LogP contribution in [0, 0.1) is 17.7 Å². The van der Waals surface area contributed by atoms with Gasteiger partial charge in [0.15, 0.2) is 0 Å². The molecule has 1 aromatic rings. The van der Waals surface area contributed by atoms with Gasteiger partial charge < -0.3 is 19.9 Å². The first-order valence-corrected chi connectivity index (χ1v) is 11.4. The van der Waals surface area contributed by atoms with Crippen molar-refractivity contribution < 1.29 is 28.2 Å². The number of primary amides is 1. The molecule has 6 nitrogen and oxygen atoms in total. The Hall–Kier alpha value is -2.31. The fraction of sp³-hybridized carbons (Fsp3) is 0.680. The monoisotopic (exact) mass is 455 g/mol. The standard InChI is InChI=1S/C20H31FO3.C5H11NO2/c1-6-16(7-2)20(24-18-10-8-9-17(21)13-18)15(5)23-19(22)12-11-14(3)4;1-5(2,3)8-4(6)7/h8-10,13-16,20H,6-7,11-12H2,1-5H3;1-3H3,(H2,6,7). The maximum atomic E-state index is 13.4. The molecule has 0 saturated carbocycles. The molecule has 0 fully saturated rings. The Bertz CT molecular complexity index is 683.